The molecule has 1 aliphatic carbocycles. The molecule has 6 heteroatoms. The third-order valence-corrected chi connectivity index (χ3v) is 4.84. The van der Waals surface area contributed by atoms with Crippen molar-refractivity contribution in [2.45, 2.75) is 45.1 Å². The largest absolute Gasteiger partial charge is 0.398 e. The van der Waals surface area contributed by atoms with E-state index in [2.05, 4.69) is 17.1 Å². The standard InChI is InChI=1S/C19H31N5O/c1-14(15(20)7-6-12-25-19(2)8-9-19)18(22)16(21)13-17(23-3)24-10-4-5-11-24/h6-7,13,21-23H,4-5,8-12,20H2,1-3H3/b7-6-,15-14-,17-13+,21-16?,22-18?. The van der Waals surface area contributed by atoms with Crippen molar-refractivity contribution in [3.63, 3.8) is 0 Å². The minimum absolute atomic E-state index is 0.0522. The van der Waals surface area contributed by atoms with E-state index in [4.69, 9.17) is 21.3 Å². The van der Waals surface area contributed by atoms with E-state index in [0.29, 0.717) is 17.9 Å². The maximum Gasteiger partial charge on any atom is 0.103 e. The lowest BCUT2D eigenvalue weighted by Gasteiger charge is -2.21. The fourth-order valence-electron chi connectivity index (χ4n) is 2.70. The lowest BCUT2D eigenvalue weighted by Crippen LogP contribution is -2.29. The summed E-state index contributed by atoms with van der Waals surface area (Å²) in [5.41, 5.74) is 7.52. The second-order valence-electron chi connectivity index (χ2n) is 7.01. The molecule has 5 N–H and O–H groups in total. The van der Waals surface area contributed by atoms with Gasteiger partial charge in [-0.05, 0) is 51.2 Å². The number of hydrogen-bond acceptors (Lipinski definition) is 6. The first-order valence-corrected chi connectivity index (χ1v) is 8.95. The highest BCUT2D eigenvalue weighted by atomic mass is 16.5. The van der Waals surface area contributed by atoms with Crippen molar-refractivity contribution in [2.75, 3.05) is 26.7 Å². The molecule has 0 atom stereocenters. The molecule has 1 aliphatic heterocycles. The van der Waals surface area contributed by atoms with Crippen LogP contribution in [-0.4, -0.2) is 48.7 Å². The molecule has 2 aliphatic rings. The van der Waals surface area contributed by atoms with Gasteiger partial charge in [-0.25, -0.2) is 0 Å². The molecule has 1 saturated carbocycles. The summed E-state index contributed by atoms with van der Waals surface area (Å²) in [6.07, 6.45) is 9.92. The molecular weight excluding hydrogens is 314 g/mol. The molecule has 2 fully saturated rings. The molecule has 6 nitrogen and oxygen atoms in total. The molecular formula is C19H31N5O. The normalized spacial score (nSPS) is 20.6. The van der Waals surface area contributed by atoms with E-state index in [1.165, 1.54) is 12.8 Å². The molecule has 0 aromatic carbocycles. The van der Waals surface area contributed by atoms with Crippen LogP contribution >= 0.6 is 0 Å². The highest BCUT2D eigenvalue weighted by Gasteiger charge is 2.37. The summed E-state index contributed by atoms with van der Waals surface area (Å²) in [4.78, 5) is 2.21. The summed E-state index contributed by atoms with van der Waals surface area (Å²) < 4.78 is 5.72. The molecule has 0 bridgehead atoms. The lowest BCUT2D eigenvalue weighted by atomic mass is 10.0. The first kappa shape index (κ1) is 19.2. The fourth-order valence-corrected chi connectivity index (χ4v) is 2.70. The smallest absolute Gasteiger partial charge is 0.103 e. The number of nitrogens with zero attached hydrogens (tertiary/aromatic N) is 1. The minimum Gasteiger partial charge on any atom is -0.398 e. The predicted molar refractivity (Wildman–Crippen MR) is 103 cm³/mol. The van der Waals surface area contributed by atoms with Gasteiger partial charge in [-0.15, -0.1) is 0 Å². The Balaban J connectivity index is 1.95. The van der Waals surface area contributed by atoms with Crippen molar-refractivity contribution in [1.82, 2.24) is 10.2 Å². The summed E-state index contributed by atoms with van der Waals surface area (Å²) in [7, 11) is 1.85. The quantitative estimate of drug-likeness (QED) is 0.381. The van der Waals surface area contributed by atoms with Crippen molar-refractivity contribution in [3.05, 3.63) is 35.3 Å². The average Bonchev–Trinajstić information content (AvgIpc) is 3.11. The molecule has 1 saturated heterocycles. The summed E-state index contributed by atoms with van der Waals surface area (Å²) in [5, 5.41) is 19.6. The van der Waals surface area contributed by atoms with Crippen LogP contribution in [0.1, 0.15) is 39.5 Å². The van der Waals surface area contributed by atoms with Gasteiger partial charge < -0.3 is 20.7 Å². The van der Waals surface area contributed by atoms with Crippen LogP contribution in [0.2, 0.25) is 0 Å². The van der Waals surface area contributed by atoms with Gasteiger partial charge >= 0.3 is 0 Å². The van der Waals surface area contributed by atoms with Crippen LogP contribution in [0, 0.1) is 10.8 Å². The van der Waals surface area contributed by atoms with E-state index in [-0.39, 0.29) is 17.0 Å². The number of ether oxygens (including phenoxy) is 1. The summed E-state index contributed by atoms with van der Waals surface area (Å²) >= 11 is 0. The Morgan fingerprint density at radius 2 is 1.92 bits per heavy atom. The van der Waals surface area contributed by atoms with E-state index in [1.807, 2.05) is 13.1 Å². The lowest BCUT2D eigenvalue weighted by molar-refractivity contribution is 0.0678. The predicted octanol–water partition coefficient (Wildman–Crippen LogP) is 2.54. The van der Waals surface area contributed by atoms with Crippen LogP contribution in [0.3, 0.4) is 0 Å². The number of rotatable bonds is 9. The van der Waals surface area contributed by atoms with Gasteiger partial charge in [0.05, 0.1) is 23.6 Å². The van der Waals surface area contributed by atoms with Crippen LogP contribution in [-0.2, 0) is 4.74 Å². The number of allylic oxidation sites excluding steroid dienone is 3. The van der Waals surface area contributed by atoms with Crippen molar-refractivity contribution in [2.24, 2.45) is 5.73 Å². The number of nitrogens with two attached hydrogens (primary N) is 1. The van der Waals surface area contributed by atoms with E-state index in [9.17, 15) is 0 Å². The molecule has 0 amide bonds. The molecule has 25 heavy (non-hydrogen) atoms. The van der Waals surface area contributed by atoms with E-state index >= 15 is 0 Å². The number of likely N-dealkylation sites (tertiary alicyclic amines) is 1. The van der Waals surface area contributed by atoms with Crippen molar-refractivity contribution < 1.29 is 4.74 Å². The minimum atomic E-state index is 0.0522. The third kappa shape index (κ3) is 5.46. The Morgan fingerprint density at radius 1 is 1.28 bits per heavy atom. The van der Waals surface area contributed by atoms with E-state index in [1.54, 1.807) is 19.1 Å². The fraction of sp³-hybridized carbons (Fsp3) is 0.579. The zero-order chi connectivity index (χ0) is 18.4. The van der Waals surface area contributed by atoms with Crippen LogP contribution in [0.4, 0.5) is 0 Å². The molecule has 0 aromatic rings. The van der Waals surface area contributed by atoms with Gasteiger partial charge in [0.25, 0.3) is 0 Å². The van der Waals surface area contributed by atoms with Crippen LogP contribution in [0.15, 0.2) is 35.3 Å². The first-order chi connectivity index (χ1) is 11.9. The van der Waals surface area contributed by atoms with Gasteiger partial charge in [-0.2, -0.15) is 0 Å². The topological polar surface area (TPSA) is 98.2 Å². The summed E-state index contributed by atoms with van der Waals surface area (Å²) in [6.45, 7) is 6.39. The molecule has 138 valence electrons. The number of nitrogens with one attached hydrogen (secondary N) is 3. The Morgan fingerprint density at radius 3 is 2.48 bits per heavy atom. The van der Waals surface area contributed by atoms with Gasteiger partial charge in [0, 0.05) is 31.9 Å². The zero-order valence-electron chi connectivity index (χ0n) is 15.6. The monoisotopic (exact) mass is 345 g/mol. The SMILES string of the molecule is CN/C(=C\C(=N)C(=N)/C(C)=C(N)/C=C\COC1(C)CC1)N1CCCC1. The van der Waals surface area contributed by atoms with Crippen LogP contribution in [0.25, 0.3) is 0 Å². The first-order valence-electron chi connectivity index (χ1n) is 8.95. The third-order valence-electron chi connectivity index (χ3n) is 4.84. The maximum absolute atomic E-state index is 8.24. The average molecular weight is 345 g/mol. The van der Waals surface area contributed by atoms with Gasteiger partial charge in [0.15, 0.2) is 0 Å². The van der Waals surface area contributed by atoms with E-state index < -0.39 is 0 Å². The van der Waals surface area contributed by atoms with Crippen LogP contribution in [0.5, 0.6) is 0 Å². The number of hydrogen-bond donors (Lipinski definition) is 4. The molecule has 1 heterocycles. The van der Waals surface area contributed by atoms with Gasteiger partial charge in [0.2, 0.25) is 0 Å². The van der Waals surface area contributed by atoms with Crippen molar-refractivity contribution >= 4 is 11.4 Å². The Hall–Kier alpha value is -2.08. The Bertz CT molecular complexity index is 607. The second-order valence-corrected chi connectivity index (χ2v) is 7.01. The molecule has 0 spiro atoms. The summed E-state index contributed by atoms with van der Waals surface area (Å²) in [6, 6.07) is 0. The maximum atomic E-state index is 8.24. The highest BCUT2D eigenvalue weighted by molar-refractivity contribution is 6.49. The van der Waals surface area contributed by atoms with Crippen molar-refractivity contribution in [1.29, 1.82) is 10.8 Å². The second kappa shape index (κ2) is 8.34. The van der Waals surface area contributed by atoms with Gasteiger partial charge in [-0.3, -0.25) is 10.8 Å². The Labute approximate surface area is 150 Å². The molecule has 0 unspecified atom stereocenters. The zero-order valence-corrected chi connectivity index (χ0v) is 15.6. The molecule has 0 radical (unpaired) electrons. The Kier molecular flexibility index (Phi) is 6.42. The highest BCUT2D eigenvalue weighted by Crippen LogP contribution is 2.38. The molecule has 2 rings (SSSR count). The van der Waals surface area contributed by atoms with Crippen LogP contribution < -0.4 is 11.1 Å². The van der Waals surface area contributed by atoms with Gasteiger partial charge in [0.1, 0.15) is 5.82 Å². The molecule has 0 aromatic heterocycles. The summed E-state index contributed by atoms with van der Waals surface area (Å²) in [5.74, 6) is 0.889. The van der Waals surface area contributed by atoms with Crippen molar-refractivity contribution in [3.8, 4) is 0 Å². The van der Waals surface area contributed by atoms with E-state index in [0.717, 1.165) is 31.8 Å². The van der Waals surface area contributed by atoms with Gasteiger partial charge in [-0.1, -0.05) is 6.08 Å².